The monoisotopic (exact) mass is 126 g/mol. The van der Waals surface area contributed by atoms with Gasteiger partial charge in [-0.3, -0.25) is 5.73 Å². The number of aliphatic hydroxyl groups excluding tert-OH is 1. The molecule has 0 saturated heterocycles. The first kappa shape index (κ1) is 7.74. The molecule has 0 aromatic rings. The maximum Gasteiger partial charge on any atom is 0.297 e. The van der Waals surface area contributed by atoms with E-state index in [1.807, 2.05) is 0 Å². The molecule has 0 rings (SSSR count). The van der Waals surface area contributed by atoms with Crippen molar-refractivity contribution in [1.29, 1.82) is 0 Å². The van der Waals surface area contributed by atoms with Crippen LogP contribution in [0.25, 0.3) is 0 Å². The maximum absolute atomic E-state index is 11.4. The molecule has 50 valence electrons. The summed E-state index contributed by atoms with van der Waals surface area (Å²) in [6.07, 6.45) is -1.57. The van der Waals surface area contributed by atoms with E-state index in [0.717, 1.165) is 7.05 Å². The summed E-state index contributed by atoms with van der Waals surface area (Å²) in [5.41, 5.74) is 4.64. The lowest BCUT2D eigenvalue weighted by Gasteiger charge is -2.17. The smallest absolute Gasteiger partial charge is 0.297 e. The molecule has 0 heterocycles. The van der Waals surface area contributed by atoms with Crippen LogP contribution < -0.4 is 5.73 Å². The summed E-state index contributed by atoms with van der Waals surface area (Å²) in [5.74, 6) is 0. The molecule has 0 aliphatic heterocycles. The van der Waals surface area contributed by atoms with Crippen LogP contribution in [0.15, 0.2) is 0 Å². The molecule has 0 saturated carbocycles. The van der Waals surface area contributed by atoms with Crippen molar-refractivity contribution in [3.63, 3.8) is 0 Å². The Morgan fingerprint density at radius 2 is 2.00 bits per heavy atom. The molecule has 0 aliphatic carbocycles. The van der Waals surface area contributed by atoms with Crippen LogP contribution in [-0.4, -0.2) is 30.0 Å². The summed E-state index contributed by atoms with van der Waals surface area (Å²) in [6.45, 7) is -2.70. The van der Waals surface area contributed by atoms with Gasteiger partial charge in [0.05, 0.1) is 0 Å². The van der Waals surface area contributed by atoms with Crippen LogP contribution in [0.2, 0.25) is 0 Å². The van der Waals surface area contributed by atoms with Crippen molar-refractivity contribution in [3.05, 3.63) is 0 Å². The fourth-order valence-corrected chi connectivity index (χ4v) is 0.115. The number of hydrogen-bond donors (Lipinski definition) is 2. The standard InChI is InChI=1S/C3H8F2N2O/c1-7(2(4)5)3(6)8/h2-3,8H,6H2,1H3/t3-/m0/s1. The maximum atomic E-state index is 11.4. The quantitative estimate of drug-likeness (QED) is 0.383. The van der Waals surface area contributed by atoms with Gasteiger partial charge in [-0.2, -0.15) is 8.78 Å². The first-order chi connectivity index (χ1) is 3.55. The van der Waals surface area contributed by atoms with Crippen molar-refractivity contribution >= 4 is 0 Å². The summed E-state index contributed by atoms with van der Waals surface area (Å²) in [5, 5.41) is 8.22. The van der Waals surface area contributed by atoms with E-state index in [1.54, 1.807) is 0 Å². The minimum atomic E-state index is -2.70. The van der Waals surface area contributed by atoms with Crippen LogP contribution in [0.5, 0.6) is 0 Å². The van der Waals surface area contributed by atoms with Gasteiger partial charge in [0.15, 0.2) is 6.35 Å². The molecular weight excluding hydrogens is 118 g/mol. The molecule has 1 atom stereocenters. The van der Waals surface area contributed by atoms with Crippen molar-refractivity contribution in [3.8, 4) is 0 Å². The average Bonchev–Trinajstić information content (AvgIpc) is 1.64. The fourth-order valence-electron chi connectivity index (χ4n) is 0.115. The molecule has 0 aliphatic rings. The Morgan fingerprint density at radius 3 is 2.00 bits per heavy atom. The Balaban J connectivity index is 3.46. The van der Waals surface area contributed by atoms with Gasteiger partial charge in [0.1, 0.15) is 0 Å². The zero-order valence-corrected chi connectivity index (χ0v) is 4.38. The fraction of sp³-hybridized carbons (Fsp3) is 1.00. The lowest BCUT2D eigenvalue weighted by molar-refractivity contribution is -0.103. The van der Waals surface area contributed by atoms with Crippen LogP contribution in [0.3, 0.4) is 0 Å². The third-order valence-corrected chi connectivity index (χ3v) is 0.725. The number of rotatable bonds is 2. The number of hydrogen-bond acceptors (Lipinski definition) is 3. The van der Waals surface area contributed by atoms with Crippen molar-refractivity contribution in [1.82, 2.24) is 4.90 Å². The lowest BCUT2D eigenvalue weighted by Crippen LogP contribution is -2.41. The van der Waals surface area contributed by atoms with Gasteiger partial charge in [0, 0.05) is 0 Å². The first-order valence-electron chi connectivity index (χ1n) is 1.99. The van der Waals surface area contributed by atoms with Gasteiger partial charge in [0.25, 0.3) is 6.55 Å². The second kappa shape index (κ2) is 2.91. The Labute approximate surface area is 45.7 Å². The average molecular weight is 126 g/mol. The highest BCUT2D eigenvalue weighted by molar-refractivity contribution is 4.42. The van der Waals surface area contributed by atoms with Crippen LogP contribution in [-0.2, 0) is 0 Å². The van der Waals surface area contributed by atoms with Crippen molar-refractivity contribution < 1.29 is 13.9 Å². The van der Waals surface area contributed by atoms with E-state index in [1.165, 1.54) is 0 Å². The predicted molar refractivity (Wildman–Crippen MR) is 24.0 cm³/mol. The highest BCUT2D eigenvalue weighted by Gasteiger charge is 2.14. The summed E-state index contributed by atoms with van der Waals surface area (Å²) < 4.78 is 22.7. The largest absolute Gasteiger partial charge is 0.365 e. The van der Waals surface area contributed by atoms with Crippen LogP contribution >= 0.6 is 0 Å². The molecular formula is C3H8F2N2O. The highest BCUT2D eigenvalue weighted by Crippen LogP contribution is 1.98. The van der Waals surface area contributed by atoms with E-state index < -0.39 is 12.9 Å². The minimum absolute atomic E-state index is 0.333. The van der Waals surface area contributed by atoms with Gasteiger partial charge >= 0.3 is 0 Å². The zero-order chi connectivity index (χ0) is 6.73. The molecule has 0 aromatic carbocycles. The van der Waals surface area contributed by atoms with E-state index in [9.17, 15) is 8.78 Å². The predicted octanol–water partition coefficient (Wildman–Crippen LogP) is -0.625. The molecule has 0 bridgehead atoms. The Hall–Kier alpha value is -0.260. The number of alkyl halides is 2. The summed E-state index contributed by atoms with van der Waals surface area (Å²) in [4.78, 5) is 0.333. The van der Waals surface area contributed by atoms with E-state index >= 15 is 0 Å². The second-order valence-electron chi connectivity index (χ2n) is 1.36. The second-order valence-corrected chi connectivity index (χ2v) is 1.36. The molecule has 5 heteroatoms. The third-order valence-electron chi connectivity index (χ3n) is 0.725. The third kappa shape index (κ3) is 2.15. The Kier molecular flexibility index (Phi) is 2.81. The van der Waals surface area contributed by atoms with Crippen LogP contribution in [0.4, 0.5) is 8.78 Å². The lowest BCUT2D eigenvalue weighted by atomic mass is 10.8. The molecule has 0 fully saturated rings. The summed E-state index contributed by atoms with van der Waals surface area (Å²) in [6, 6.07) is 0. The molecule has 0 aromatic heterocycles. The highest BCUT2D eigenvalue weighted by atomic mass is 19.3. The van der Waals surface area contributed by atoms with Crippen LogP contribution in [0.1, 0.15) is 0 Å². The summed E-state index contributed by atoms with van der Waals surface area (Å²) in [7, 11) is 1.02. The Bertz CT molecular complexity index is 60.3. The molecule has 0 spiro atoms. The van der Waals surface area contributed by atoms with Gasteiger partial charge < -0.3 is 5.11 Å². The van der Waals surface area contributed by atoms with Gasteiger partial charge in [-0.15, -0.1) is 0 Å². The van der Waals surface area contributed by atoms with Gasteiger partial charge in [-0.1, -0.05) is 0 Å². The van der Waals surface area contributed by atoms with E-state index in [4.69, 9.17) is 5.11 Å². The molecule has 0 unspecified atom stereocenters. The first-order valence-corrected chi connectivity index (χ1v) is 1.99. The number of nitrogens with two attached hydrogens (primary N) is 1. The van der Waals surface area contributed by atoms with E-state index in [-0.39, 0.29) is 0 Å². The normalized spacial score (nSPS) is 15.4. The number of nitrogens with zero attached hydrogens (tertiary/aromatic N) is 1. The zero-order valence-electron chi connectivity index (χ0n) is 4.38. The number of aliphatic hydroxyl groups is 1. The van der Waals surface area contributed by atoms with Gasteiger partial charge in [0.2, 0.25) is 0 Å². The molecule has 0 amide bonds. The van der Waals surface area contributed by atoms with E-state index in [0.29, 0.717) is 4.90 Å². The van der Waals surface area contributed by atoms with Crippen molar-refractivity contribution in [2.45, 2.75) is 12.9 Å². The van der Waals surface area contributed by atoms with Crippen LogP contribution in [0, 0.1) is 0 Å². The molecule has 8 heavy (non-hydrogen) atoms. The summed E-state index contributed by atoms with van der Waals surface area (Å²) >= 11 is 0. The molecule has 3 N–H and O–H groups in total. The Morgan fingerprint density at radius 1 is 1.62 bits per heavy atom. The van der Waals surface area contributed by atoms with Crippen molar-refractivity contribution in [2.24, 2.45) is 5.73 Å². The molecule has 0 radical (unpaired) electrons. The van der Waals surface area contributed by atoms with Crippen molar-refractivity contribution in [2.75, 3.05) is 7.05 Å². The van der Waals surface area contributed by atoms with E-state index in [2.05, 4.69) is 5.73 Å². The SMILES string of the molecule is CN(C(F)F)[C@H](N)O. The minimum Gasteiger partial charge on any atom is -0.365 e. The van der Waals surface area contributed by atoms with Gasteiger partial charge in [-0.05, 0) is 7.05 Å². The topological polar surface area (TPSA) is 49.5 Å². The van der Waals surface area contributed by atoms with Gasteiger partial charge in [-0.25, -0.2) is 4.90 Å². The molecule has 3 nitrogen and oxygen atoms in total. The number of halogens is 2.